The summed E-state index contributed by atoms with van der Waals surface area (Å²) >= 11 is 0. The summed E-state index contributed by atoms with van der Waals surface area (Å²) in [6.45, 7) is 0.320. The molecule has 8 rings (SSSR count). The van der Waals surface area contributed by atoms with E-state index in [1.165, 1.54) is 76.9 Å². The lowest BCUT2D eigenvalue weighted by Gasteiger charge is -2.35. The van der Waals surface area contributed by atoms with Gasteiger partial charge >= 0.3 is 18.0 Å². The maximum Gasteiger partial charge on any atom is 0.396 e. The highest BCUT2D eigenvalue weighted by molar-refractivity contribution is 5.82. The van der Waals surface area contributed by atoms with Crippen molar-refractivity contribution in [3.8, 4) is 33.9 Å². The van der Waals surface area contributed by atoms with Gasteiger partial charge in [0.25, 0.3) is 0 Å². The Kier molecular flexibility index (Phi) is 10.7. The number of aromatic nitrogens is 8. The van der Waals surface area contributed by atoms with Crippen molar-refractivity contribution in [2.75, 3.05) is 43.6 Å². The van der Waals surface area contributed by atoms with Gasteiger partial charge in [0, 0.05) is 65.7 Å². The van der Waals surface area contributed by atoms with Crippen molar-refractivity contribution in [2.45, 2.75) is 24.2 Å². The van der Waals surface area contributed by atoms with Crippen molar-refractivity contribution in [3.63, 3.8) is 0 Å². The number of alkyl halides is 6. The SMILES string of the molecule is Nc1nccc(-c2cnn(-c3ccc(C(C4COC4)C(F)(F)F)cn3)c2)c1N.Nc1nccc(-c2cnn(-c3ccc(C(C4COC4)C(F)(F)F)cn3)c2)c1[N+](=O)[O-]. The lowest BCUT2D eigenvalue weighted by molar-refractivity contribution is -0.383. The molecule has 8 heterocycles. The molecule has 2 saturated heterocycles. The van der Waals surface area contributed by atoms with E-state index in [1.54, 1.807) is 18.5 Å². The number of nitrogens with two attached hydrogens (primary N) is 3. The molecule has 0 saturated carbocycles. The summed E-state index contributed by atoms with van der Waals surface area (Å²) in [5.74, 6) is -3.81. The van der Waals surface area contributed by atoms with Crippen molar-refractivity contribution < 1.29 is 40.7 Å². The van der Waals surface area contributed by atoms with Crippen molar-refractivity contribution in [3.05, 3.63) is 107 Å². The largest absolute Gasteiger partial charge is 0.396 e. The molecular formula is C36H32F6N12O4. The van der Waals surface area contributed by atoms with E-state index in [9.17, 15) is 36.5 Å². The van der Waals surface area contributed by atoms with Crippen LogP contribution in [-0.4, -0.2) is 83.2 Å². The van der Waals surface area contributed by atoms with Crippen molar-refractivity contribution >= 4 is 23.0 Å². The second-order valence-corrected chi connectivity index (χ2v) is 13.4. The Morgan fingerprint density at radius 3 is 1.50 bits per heavy atom. The maximum absolute atomic E-state index is 13.5. The second kappa shape index (κ2) is 15.7. The molecule has 2 aliphatic heterocycles. The van der Waals surface area contributed by atoms with Crippen LogP contribution in [0.1, 0.15) is 23.0 Å². The van der Waals surface area contributed by atoms with Crippen LogP contribution in [0, 0.1) is 22.0 Å². The van der Waals surface area contributed by atoms with Crippen molar-refractivity contribution in [1.29, 1.82) is 0 Å². The first-order chi connectivity index (χ1) is 27.6. The zero-order valence-electron chi connectivity index (χ0n) is 29.9. The molecule has 6 N–H and O–H groups in total. The first-order valence-electron chi connectivity index (χ1n) is 17.3. The Labute approximate surface area is 323 Å². The average Bonchev–Trinajstić information content (AvgIpc) is 3.83. The first kappa shape index (κ1) is 39.6. The highest BCUT2D eigenvalue weighted by Gasteiger charge is 2.49. The van der Waals surface area contributed by atoms with Gasteiger partial charge < -0.3 is 26.7 Å². The van der Waals surface area contributed by atoms with Crippen LogP contribution in [0.25, 0.3) is 33.9 Å². The Hall–Kier alpha value is -6.68. The third kappa shape index (κ3) is 8.09. The van der Waals surface area contributed by atoms with Gasteiger partial charge in [-0.3, -0.25) is 10.1 Å². The van der Waals surface area contributed by atoms with Gasteiger partial charge in [0.1, 0.15) is 5.82 Å². The van der Waals surface area contributed by atoms with E-state index in [0.717, 1.165) is 0 Å². The summed E-state index contributed by atoms with van der Waals surface area (Å²) in [6, 6.07) is 8.85. The highest BCUT2D eigenvalue weighted by Crippen LogP contribution is 2.44. The fraction of sp³-hybridized carbons (Fsp3) is 0.278. The fourth-order valence-electron chi connectivity index (χ4n) is 6.59. The Bertz CT molecular complexity index is 2400. The molecule has 2 fully saturated rings. The second-order valence-electron chi connectivity index (χ2n) is 13.4. The molecule has 2 atom stereocenters. The molecule has 0 bridgehead atoms. The van der Waals surface area contributed by atoms with Gasteiger partial charge in [-0.15, -0.1) is 0 Å². The average molecular weight is 811 g/mol. The Morgan fingerprint density at radius 1 is 0.655 bits per heavy atom. The molecule has 6 aromatic heterocycles. The number of nitrogen functional groups attached to an aromatic ring is 3. The number of pyridine rings is 4. The van der Waals surface area contributed by atoms with Crippen LogP contribution < -0.4 is 17.2 Å². The van der Waals surface area contributed by atoms with E-state index >= 15 is 0 Å². The van der Waals surface area contributed by atoms with Crippen LogP contribution in [0.3, 0.4) is 0 Å². The number of ether oxygens (including phenoxy) is 2. The zero-order valence-corrected chi connectivity index (χ0v) is 29.9. The number of anilines is 3. The molecule has 22 heteroatoms. The van der Waals surface area contributed by atoms with Crippen LogP contribution in [-0.2, 0) is 9.47 Å². The van der Waals surface area contributed by atoms with Crippen LogP contribution in [0.4, 0.5) is 49.4 Å². The van der Waals surface area contributed by atoms with Gasteiger partial charge in [0.15, 0.2) is 11.6 Å². The molecule has 0 amide bonds. The number of nitrogens with zero attached hydrogens (tertiary/aromatic N) is 9. The Balaban J connectivity index is 0.000000177. The minimum absolute atomic E-state index is 0.0458. The van der Waals surface area contributed by atoms with Gasteiger partial charge in [-0.1, -0.05) is 12.1 Å². The summed E-state index contributed by atoms with van der Waals surface area (Å²) in [4.78, 5) is 26.6. The van der Waals surface area contributed by atoms with E-state index in [2.05, 4.69) is 30.1 Å². The lowest BCUT2D eigenvalue weighted by Crippen LogP contribution is -2.40. The number of hydrogen-bond donors (Lipinski definition) is 3. The maximum atomic E-state index is 13.5. The van der Waals surface area contributed by atoms with E-state index in [0.29, 0.717) is 28.2 Å². The van der Waals surface area contributed by atoms with Gasteiger partial charge in [-0.2, -0.15) is 36.5 Å². The minimum atomic E-state index is -4.41. The van der Waals surface area contributed by atoms with Gasteiger partial charge in [-0.05, 0) is 35.4 Å². The molecule has 58 heavy (non-hydrogen) atoms. The molecular weight excluding hydrogens is 778 g/mol. The number of halogens is 6. The monoisotopic (exact) mass is 810 g/mol. The molecule has 0 aliphatic carbocycles. The van der Waals surface area contributed by atoms with Gasteiger partial charge in [-0.25, -0.2) is 29.3 Å². The molecule has 0 spiro atoms. The third-order valence-corrected chi connectivity index (χ3v) is 9.65. The molecule has 0 radical (unpaired) electrons. The third-order valence-electron chi connectivity index (χ3n) is 9.65. The highest BCUT2D eigenvalue weighted by atomic mass is 19.4. The zero-order chi connectivity index (χ0) is 41.4. The van der Waals surface area contributed by atoms with E-state index in [4.69, 9.17) is 26.7 Å². The fourth-order valence-corrected chi connectivity index (χ4v) is 6.59. The van der Waals surface area contributed by atoms with Crippen LogP contribution >= 0.6 is 0 Å². The predicted octanol–water partition coefficient (Wildman–Crippen LogP) is 5.90. The summed E-state index contributed by atoms with van der Waals surface area (Å²) in [5, 5.41) is 19.6. The summed E-state index contributed by atoms with van der Waals surface area (Å²) in [5.41, 5.74) is 19.4. The predicted molar refractivity (Wildman–Crippen MR) is 195 cm³/mol. The van der Waals surface area contributed by atoms with Crippen LogP contribution in [0.15, 0.2) is 86.0 Å². The summed E-state index contributed by atoms with van der Waals surface area (Å²) < 4.78 is 93.3. The minimum Gasteiger partial charge on any atom is -0.395 e. The molecule has 2 unspecified atom stereocenters. The smallest absolute Gasteiger partial charge is 0.395 e. The molecule has 302 valence electrons. The Morgan fingerprint density at radius 2 is 1.10 bits per heavy atom. The molecule has 6 aromatic rings. The van der Waals surface area contributed by atoms with Gasteiger partial charge in [0.05, 0.1) is 66.8 Å². The molecule has 2 aliphatic rings. The van der Waals surface area contributed by atoms with E-state index < -0.39 is 40.9 Å². The number of hydrogen-bond acceptors (Lipinski definition) is 13. The number of rotatable bonds is 9. The standard InChI is InChI=1S/C18H15F3N6O3.C18H17F3N6O/c19-18(20,21)15(12-8-30-9-12)10-1-2-14(24-5-10)26-7-11(6-25-26)13-3-4-23-17(22)16(13)27(28)29;19-18(20,21)15(12-8-28-9-12)10-1-2-14(25-5-10)27-7-11(6-26-27)13-3-4-24-17(23)16(13)22/h1-7,12,15H,8-9H2,(H2,22,23);1-7,12,15H,8-9,22H2,(H2,23,24). The topological polar surface area (TPSA) is 227 Å². The van der Waals surface area contributed by atoms with Crippen LogP contribution in [0.5, 0.6) is 0 Å². The normalized spacial score (nSPS) is 15.8. The summed E-state index contributed by atoms with van der Waals surface area (Å²) in [7, 11) is 0. The summed E-state index contributed by atoms with van der Waals surface area (Å²) in [6.07, 6.45) is 2.62. The lowest BCUT2D eigenvalue weighted by atomic mass is 9.85. The molecule has 16 nitrogen and oxygen atoms in total. The van der Waals surface area contributed by atoms with E-state index in [-0.39, 0.29) is 66.3 Å². The van der Waals surface area contributed by atoms with Crippen LogP contribution in [0.2, 0.25) is 0 Å². The first-order valence-corrected chi connectivity index (χ1v) is 17.3. The van der Waals surface area contributed by atoms with Gasteiger partial charge in [0.2, 0.25) is 5.82 Å². The van der Waals surface area contributed by atoms with Crippen molar-refractivity contribution in [2.24, 2.45) is 11.8 Å². The van der Waals surface area contributed by atoms with E-state index in [1.807, 2.05) is 0 Å². The van der Waals surface area contributed by atoms with Crippen molar-refractivity contribution in [1.82, 2.24) is 39.5 Å². The quantitative estimate of drug-likeness (QED) is 0.0880. The molecule has 0 aromatic carbocycles. The number of nitro groups is 1.